The maximum Gasteiger partial charge on any atom is 0.159 e. The molecule has 0 aliphatic heterocycles. The second-order valence-corrected chi connectivity index (χ2v) is 12.1. The van der Waals surface area contributed by atoms with Crippen LogP contribution in [0, 0.1) is 46.3 Å². The predicted molar refractivity (Wildman–Crippen MR) is 123 cm³/mol. The Morgan fingerprint density at radius 3 is 2.57 bits per heavy atom. The van der Waals surface area contributed by atoms with Gasteiger partial charge in [0, 0.05) is 12.0 Å². The number of hydrogen-bond donors (Lipinski definition) is 1. The molecule has 1 N–H and O–H groups in total. The molecule has 168 valence electrons. The minimum Gasteiger partial charge on any atom is -0.411 e. The summed E-state index contributed by atoms with van der Waals surface area (Å²) in [5.74, 6) is 4.66. The Morgan fingerprint density at radius 1 is 1.10 bits per heavy atom. The number of oxime groups is 1. The molecule has 3 nitrogen and oxygen atoms in total. The van der Waals surface area contributed by atoms with Crippen molar-refractivity contribution in [2.75, 3.05) is 0 Å². The van der Waals surface area contributed by atoms with Crippen LogP contribution in [-0.4, -0.2) is 16.7 Å². The van der Waals surface area contributed by atoms with Gasteiger partial charge in [-0.3, -0.25) is 4.79 Å². The third-order valence-corrected chi connectivity index (χ3v) is 10.1. The van der Waals surface area contributed by atoms with Crippen molar-refractivity contribution in [3.63, 3.8) is 0 Å². The van der Waals surface area contributed by atoms with Gasteiger partial charge in [-0.1, -0.05) is 59.0 Å². The number of carbonyl (C=O) groups is 1. The van der Waals surface area contributed by atoms with Crippen LogP contribution in [0.15, 0.2) is 16.8 Å². The summed E-state index contributed by atoms with van der Waals surface area (Å²) in [5, 5.41) is 12.7. The van der Waals surface area contributed by atoms with Gasteiger partial charge in [-0.05, 0) is 90.9 Å². The second kappa shape index (κ2) is 8.10. The van der Waals surface area contributed by atoms with E-state index in [1.165, 1.54) is 44.9 Å². The first-order valence-corrected chi connectivity index (χ1v) is 12.7. The van der Waals surface area contributed by atoms with E-state index in [-0.39, 0.29) is 5.41 Å². The van der Waals surface area contributed by atoms with Crippen molar-refractivity contribution >= 4 is 11.5 Å². The largest absolute Gasteiger partial charge is 0.411 e. The number of hydrogen-bond acceptors (Lipinski definition) is 3. The Kier molecular flexibility index (Phi) is 5.96. The number of carbonyl (C=O) groups excluding carboxylic acids is 1. The average Bonchev–Trinajstić information content (AvgIpc) is 3.05. The summed E-state index contributed by atoms with van der Waals surface area (Å²) >= 11 is 0. The molecule has 0 aromatic carbocycles. The maximum absolute atomic E-state index is 13.3. The topological polar surface area (TPSA) is 49.7 Å². The lowest BCUT2D eigenvalue weighted by Crippen LogP contribution is -2.53. The van der Waals surface area contributed by atoms with Gasteiger partial charge in [0.25, 0.3) is 0 Å². The van der Waals surface area contributed by atoms with E-state index in [9.17, 15) is 10.0 Å². The van der Waals surface area contributed by atoms with Gasteiger partial charge >= 0.3 is 0 Å². The molecule has 4 aliphatic rings. The van der Waals surface area contributed by atoms with Crippen molar-refractivity contribution in [1.29, 1.82) is 0 Å². The molecule has 0 amide bonds. The van der Waals surface area contributed by atoms with Crippen molar-refractivity contribution in [3.05, 3.63) is 11.6 Å². The van der Waals surface area contributed by atoms with Crippen LogP contribution in [0.3, 0.4) is 0 Å². The molecule has 0 unspecified atom stereocenters. The van der Waals surface area contributed by atoms with E-state index in [4.69, 9.17) is 0 Å². The van der Waals surface area contributed by atoms with Crippen LogP contribution in [-0.2, 0) is 4.79 Å². The Morgan fingerprint density at radius 2 is 1.87 bits per heavy atom. The molecule has 3 heteroatoms. The number of ketones is 1. The summed E-state index contributed by atoms with van der Waals surface area (Å²) in [6.07, 6.45) is 13.8. The standard InChI is InChI=1S/C27H43NO2/c1-17(2)7-6-8-18(3)21-9-10-22-20-16-25(29)24-15-19(28-30)11-13-27(24,5)23(20)12-14-26(21,22)4/h15,17-18,20-23,30H,6-14,16H2,1-5H3/b28-19+/t18-,20-,21-,22+,23-,26-,27+/m1/s1. The molecule has 7 atom stereocenters. The van der Waals surface area contributed by atoms with Crippen molar-refractivity contribution in [1.82, 2.24) is 0 Å². The molecule has 0 saturated heterocycles. The maximum atomic E-state index is 13.3. The van der Waals surface area contributed by atoms with Crippen molar-refractivity contribution in [2.24, 2.45) is 51.5 Å². The molecule has 3 fully saturated rings. The van der Waals surface area contributed by atoms with E-state index in [2.05, 4.69) is 39.8 Å². The number of Topliss-reactive ketones (excluding diaryl/α,β-unsaturated/α-hetero) is 1. The number of nitrogens with zero attached hydrogens (tertiary/aromatic N) is 1. The Labute approximate surface area is 183 Å². The molecule has 0 spiro atoms. The van der Waals surface area contributed by atoms with Crippen LogP contribution in [0.4, 0.5) is 0 Å². The van der Waals surface area contributed by atoms with Gasteiger partial charge in [0.2, 0.25) is 0 Å². The monoisotopic (exact) mass is 413 g/mol. The van der Waals surface area contributed by atoms with Gasteiger partial charge in [0.15, 0.2) is 5.78 Å². The molecular formula is C27H43NO2. The predicted octanol–water partition coefficient (Wildman–Crippen LogP) is 7.04. The fourth-order valence-electron chi connectivity index (χ4n) is 8.50. The highest BCUT2D eigenvalue weighted by molar-refractivity contribution is 6.07. The highest BCUT2D eigenvalue weighted by Gasteiger charge is 2.60. The Bertz CT molecular complexity index is 737. The van der Waals surface area contributed by atoms with E-state index >= 15 is 0 Å². The number of rotatable bonds is 5. The van der Waals surface area contributed by atoms with E-state index in [0.717, 1.165) is 42.6 Å². The molecule has 0 heterocycles. The SMILES string of the molecule is CC(C)CCC[C@@H](C)[C@H]1CC[C@H]2[C@H]3CC(=O)C4=C/C(=N/O)CC[C@@]4(C)[C@@H]3CC[C@]12C. The van der Waals surface area contributed by atoms with Gasteiger partial charge in [0.1, 0.15) is 0 Å². The van der Waals surface area contributed by atoms with Crippen LogP contribution in [0.1, 0.15) is 98.8 Å². The Hall–Kier alpha value is -1.12. The second-order valence-electron chi connectivity index (χ2n) is 12.1. The smallest absolute Gasteiger partial charge is 0.159 e. The minimum absolute atomic E-state index is 0.0174. The van der Waals surface area contributed by atoms with Crippen LogP contribution in [0.5, 0.6) is 0 Å². The van der Waals surface area contributed by atoms with E-state index in [1.54, 1.807) is 0 Å². The van der Waals surface area contributed by atoms with Crippen molar-refractivity contribution in [3.8, 4) is 0 Å². The van der Waals surface area contributed by atoms with Gasteiger partial charge in [-0.15, -0.1) is 0 Å². The molecule has 0 radical (unpaired) electrons. The van der Waals surface area contributed by atoms with Gasteiger partial charge in [-0.2, -0.15) is 0 Å². The van der Waals surface area contributed by atoms with Crippen LogP contribution < -0.4 is 0 Å². The summed E-state index contributed by atoms with van der Waals surface area (Å²) in [5.41, 5.74) is 2.05. The molecular weight excluding hydrogens is 370 g/mol. The first-order valence-electron chi connectivity index (χ1n) is 12.7. The normalized spacial score (nSPS) is 43.2. The van der Waals surface area contributed by atoms with Crippen molar-refractivity contribution in [2.45, 2.75) is 98.8 Å². The average molecular weight is 414 g/mol. The lowest BCUT2D eigenvalue weighted by Gasteiger charge is -2.58. The third kappa shape index (κ3) is 3.48. The molecule has 3 saturated carbocycles. The first-order chi connectivity index (χ1) is 14.2. The zero-order valence-corrected chi connectivity index (χ0v) is 19.9. The summed E-state index contributed by atoms with van der Waals surface area (Å²) in [4.78, 5) is 13.3. The van der Waals surface area contributed by atoms with Crippen LogP contribution in [0.25, 0.3) is 0 Å². The van der Waals surface area contributed by atoms with Crippen molar-refractivity contribution < 1.29 is 10.0 Å². The number of fused-ring (bicyclic) bond motifs is 5. The van der Waals surface area contributed by atoms with E-state index in [0.29, 0.717) is 34.7 Å². The Balaban J connectivity index is 1.54. The lowest BCUT2D eigenvalue weighted by molar-refractivity contribution is -0.128. The zero-order chi connectivity index (χ0) is 21.7. The van der Waals surface area contributed by atoms with E-state index in [1.807, 2.05) is 6.08 Å². The zero-order valence-electron chi connectivity index (χ0n) is 19.9. The van der Waals surface area contributed by atoms with Gasteiger partial charge < -0.3 is 5.21 Å². The number of allylic oxidation sites excluding steroid dienone is 2. The summed E-state index contributed by atoms with van der Waals surface area (Å²) < 4.78 is 0. The van der Waals surface area contributed by atoms with Gasteiger partial charge in [0.05, 0.1) is 5.71 Å². The molecule has 0 bridgehead atoms. The third-order valence-electron chi connectivity index (χ3n) is 10.1. The summed E-state index contributed by atoms with van der Waals surface area (Å²) in [6, 6.07) is 0. The molecule has 0 aromatic heterocycles. The fourth-order valence-corrected chi connectivity index (χ4v) is 8.50. The summed E-state index contributed by atoms with van der Waals surface area (Å²) in [7, 11) is 0. The van der Waals surface area contributed by atoms with Gasteiger partial charge in [-0.25, -0.2) is 0 Å². The molecule has 4 rings (SSSR count). The molecule has 30 heavy (non-hydrogen) atoms. The lowest BCUT2D eigenvalue weighted by atomic mass is 9.46. The summed E-state index contributed by atoms with van der Waals surface area (Å²) in [6.45, 7) is 12.1. The highest BCUT2D eigenvalue weighted by atomic mass is 16.4. The first kappa shape index (κ1) is 22.1. The molecule has 0 aromatic rings. The highest BCUT2D eigenvalue weighted by Crippen LogP contribution is 2.67. The van der Waals surface area contributed by atoms with Crippen LogP contribution >= 0.6 is 0 Å². The van der Waals surface area contributed by atoms with Crippen LogP contribution in [0.2, 0.25) is 0 Å². The molecule has 4 aliphatic carbocycles. The minimum atomic E-state index is -0.0174. The quantitative estimate of drug-likeness (QED) is 0.388. The van der Waals surface area contributed by atoms with E-state index < -0.39 is 0 Å². The fraction of sp³-hybridized carbons (Fsp3) is 0.852.